The molecule has 1 fully saturated rings. The second-order valence-electron chi connectivity index (χ2n) is 7.81. The van der Waals surface area contributed by atoms with Gasteiger partial charge in [0, 0.05) is 38.4 Å². The lowest BCUT2D eigenvalue weighted by atomic mass is 10.1. The maximum absolute atomic E-state index is 13.7. The molecule has 0 unspecified atom stereocenters. The minimum atomic E-state index is -0.425. The molecule has 2 aromatic heterocycles. The Kier molecular flexibility index (Phi) is 4.45. The molecule has 1 saturated heterocycles. The maximum atomic E-state index is 13.7. The van der Waals surface area contributed by atoms with Crippen LogP contribution in [-0.4, -0.2) is 44.8 Å². The lowest BCUT2D eigenvalue weighted by Gasteiger charge is -2.33. The molecule has 0 amide bonds. The molecule has 4 aromatic rings. The molecule has 5 rings (SSSR count). The number of nitrogens with one attached hydrogen (secondary N) is 1. The molecule has 1 N–H and O–H groups in total. The van der Waals surface area contributed by atoms with Crippen LogP contribution in [0.3, 0.4) is 0 Å². The monoisotopic (exact) mass is 417 g/mol. The summed E-state index contributed by atoms with van der Waals surface area (Å²) in [5.41, 5.74) is 2.95. The number of aromatic nitrogens is 4. The average molecular weight is 417 g/mol. The summed E-state index contributed by atoms with van der Waals surface area (Å²) in [5.74, 6) is -0.138. The number of nitrogens with zero attached hydrogens (tertiary/aromatic N) is 6. The van der Waals surface area contributed by atoms with Gasteiger partial charge in [-0.05, 0) is 37.3 Å². The molecule has 0 radical (unpaired) electrons. The first-order chi connectivity index (χ1) is 15.0. The Morgan fingerprint density at radius 2 is 2.10 bits per heavy atom. The van der Waals surface area contributed by atoms with Crippen molar-refractivity contribution in [1.29, 1.82) is 5.26 Å². The molecule has 1 atom stereocenters. The number of piperazine rings is 1. The number of hydrogen-bond acceptors (Lipinski definition) is 6. The third-order valence-corrected chi connectivity index (χ3v) is 5.72. The molecular weight excluding hydrogens is 397 g/mol. The van der Waals surface area contributed by atoms with Gasteiger partial charge in [-0.1, -0.05) is 0 Å². The summed E-state index contributed by atoms with van der Waals surface area (Å²) in [7, 11) is 1.58. The van der Waals surface area contributed by atoms with E-state index in [4.69, 9.17) is 0 Å². The number of halogens is 1. The number of nitriles is 1. The third kappa shape index (κ3) is 3.12. The van der Waals surface area contributed by atoms with Crippen LogP contribution in [0.5, 0.6) is 0 Å². The predicted molar refractivity (Wildman–Crippen MR) is 116 cm³/mol. The number of hydrogen-bond donors (Lipinski definition) is 1. The number of fused-ring (bicyclic) bond motifs is 2. The summed E-state index contributed by atoms with van der Waals surface area (Å²) in [6.45, 7) is 4.67. The van der Waals surface area contributed by atoms with Crippen molar-refractivity contribution >= 4 is 27.8 Å². The van der Waals surface area contributed by atoms with Crippen LogP contribution in [0.4, 0.5) is 10.1 Å². The lowest BCUT2D eigenvalue weighted by Crippen LogP contribution is -2.49. The summed E-state index contributed by atoms with van der Waals surface area (Å²) in [6, 6.07) is 10.5. The van der Waals surface area contributed by atoms with Crippen LogP contribution in [0.1, 0.15) is 12.5 Å². The van der Waals surface area contributed by atoms with Crippen molar-refractivity contribution in [1.82, 2.24) is 24.4 Å². The molecule has 1 aliphatic rings. The zero-order valence-corrected chi connectivity index (χ0v) is 17.1. The van der Waals surface area contributed by atoms with Crippen molar-refractivity contribution in [2.24, 2.45) is 7.05 Å². The lowest BCUT2D eigenvalue weighted by molar-refractivity contribution is 0.485. The van der Waals surface area contributed by atoms with Crippen LogP contribution in [0, 0.1) is 17.1 Å². The van der Waals surface area contributed by atoms with Crippen LogP contribution >= 0.6 is 0 Å². The van der Waals surface area contributed by atoms with E-state index in [1.807, 2.05) is 12.1 Å². The highest BCUT2D eigenvalue weighted by Gasteiger charge is 2.20. The standard InChI is InChI=1S/C22H20FN7O/c1-13-12-29(6-5-25-13)16-7-14(10-24)21-17(9-16)26-11-20(27-21)30-18-4-3-15(23)8-19(18)28(2)22(30)31/h3-4,7-9,11,13,25H,5-6,12H2,1-2H3/t13-/m0/s1. The second-order valence-corrected chi connectivity index (χ2v) is 7.81. The van der Waals surface area contributed by atoms with Crippen molar-refractivity contribution in [3.05, 3.63) is 58.4 Å². The highest BCUT2D eigenvalue weighted by molar-refractivity contribution is 5.86. The minimum Gasteiger partial charge on any atom is -0.369 e. The van der Waals surface area contributed by atoms with Gasteiger partial charge in [-0.15, -0.1) is 0 Å². The van der Waals surface area contributed by atoms with Crippen molar-refractivity contribution in [2.75, 3.05) is 24.5 Å². The Morgan fingerprint density at radius 3 is 2.87 bits per heavy atom. The van der Waals surface area contributed by atoms with E-state index in [0.717, 1.165) is 25.3 Å². The van der Waals surface area contributed by atoms with Gasteiger partial charge in [0.1, 0.15) is 17.4 Å². The number of imidazole rings is 1. The largest absolute Gasteiger partial charge is 0.369 e. The summed E-state index contributed by atoms with van der Waals surface area (Å²) >= 11 is 0. The Bertz CT molecular complexity index is 1430. The fraction of sp³-hybridized carbons (Fsp3) is 0.273. The van der Waals surface area contributed by atoms with E-state index in [9.17, 15) is 14.4 Å². The smallest absolute Gasteiger partial charge is 0.334 e. The zero-order valence-electron chi connectivity index (χ0n) is 17.1. The third-order valence-electron chi connectivity index (χ3n) is 5.72. The van der Waals surface area contributed by atoms with Gasteiger partial charge in [0.2, 0.25) is 0 Å². The molecule has 0 spiro atoms. The molecular formula is C22H20FN7O. The van der Waals surface area contributed by atoms with Gasteiger partial charge >= 0.3 is 5.69 Å². The Balaban J connectivity index is 1.67. The first kappa shape index (κ1) is 19.2. The fourth-order valence-corrected chi connectivity index (χ4v) is 4.17. The second kappa shape index (κ2) is 7.18. The van der Waals surface area contributed by atoms with Crippen molar-refractivity contribution < 1.29 is 4.39 Å². The Hall–Kier alpha value is -3.77. The summed E-state index contributed by atoms with van der Waals surface area (Å²) in [6.07, 6.45) is 1.51. The molecule has 1 aliphatic heterocycles. The predicted octanol–water partition coefficient (Wildman–Crippen LogP) is 2.08. The molecule has 0 aliphatic carbocycles. The minimum absolute atomic E-state index is 0.287. The molecule has 8 nitrogen and oxygen atoms in total. The Labute approximate surface area is 177 Å². The molecule has 3 heterocycles. The van der Waals surface area contributed by atoms with Gasteiger partial charge in [-0.3, -0.25) is 9.55 Å². The van der Waals surface area contributed by atoms with Crippen molar-refractivity contribution in [3.63, 3.8) is 0 Å². The van der Waals surface area contributed by atoms with E-state index in [1.165, 1.54) is 33.5 Å². The molecule has 9 heteroatoms. The quantitative estimate of drug-likeness (QED) is 0.537. The van der Waals surface area contributed by atoms with Crippen LogP contribution in [0.15, 0.2) is 41.3 Å². The van der Waals surface area contributed by atoms with E-state index in [0.29, 0.717) is 33.7 Å². The Morgan fingerprint density at radius 1 is 1.26 bits per heavy atom. The number of anilines is 1. The topological polar surface area (TPSA) is 91.8 Å². The van der Waals surface area contributed by atoms with Crippen LogP contribution in [-0.2, 0) is 7.05 Å². The molecule has 156 valence electrons. The normalized spacial score (nSPS) is 16.7. The van der Waals surface area contributed by atoms with Crippen LogP contribution in [0.25, 0.3) is 27.9 Å². The molecule has 0 saturated carbocycles. The number of aryl methyl sites for hydroxylation is 1. The summed E-state index contributed by atoms with van der Waals surface area (Å²) < 4.78 is 16.4. The fourth-order valence-electron chi connectivity index (χ4n) is 4.17. The summed E-state index contributed by atoms with van der Waals surface area (Å²) in [4.78, 5) is 24.2. The SMILES string of the molecule is C[C@H]1CN(c2cc(C#N)c3nc(-n4c(=O)n(C)c5cc(F)ccc54)cnc3c2)CCN1. The maximum Gasteiger partial charge on any atom is 0.334 e. The number of rotatable bonds is 2. The highest BCUT2D eigenvalue weighted by atomic mass is 19.1. The van der Waals surface area contributed by atoms with Gasteiger partial charge in [-0.2, -0.15) is 5.26 Å². The van der Waals surface area contributed by atoms with Crippen molar-refractivity contribution in [3.8, 4) is 11.9 Å². The summed E-state index contributed by atoms with van der Waals surface area (Å²) in [5, 5.41) is 13.2. The first-order valence-corrected chi connectivity index (χ1v) is 10.0. The van der Waals surface area contributed by atoms with Gasteiger partial charge in [0.25, 0.3) is 0 Å². The highest BCUT2D eigenvalue weighted by Crippen LogP contribution is 2.26. The van der Waals surface area contributed by atoms with E-state index in [1.54, 1.807) is 7.05 Å². The van der Waals surface area contributed by atoms with Crippen LogP contribution < -0.4 is 15.9 Å². The van der Waals surface area contributed by atoms with Gasteiger partial charge < -0.3 is 10.2 Å². The van der Waals surface area contributed by atoms with Crippen molar-refractivity contribution in [2.45, 2.75) is 13.0 Å². The van der Waals surface area contributed by atoms with Gasteiger partial charge in [0.15, 0.2) is 5.82 Å². The van der Waals surface area contributed by atoms with E-state index in [2.05, 4.69) is 33.2 Å². The van der Waals surface area contributed by atoms with Crippen LogP contribution in [0.2, 0.25) is 0 Å². The first-order valence-electron chi connectivity index (χ1n) is 10.0. The van der Waals surface area contributed by atoms with Gasteiger partial charge in [0.05, 0.1) is 28.3 Å². The molecule has 2 aromatic carbocycles. The zero-order chi connectivity index (χ0) is 21.7. The molecule has 31 heavy (non-hydrogen) atoms. The molecule has 0 bridgehead atoms. The number of benzene rings is 2. The van der Waals surface area contributed by atoms with E-state index >= 15 is 0 Å². The van der Waals surface area contributed by atoms with E-state index in [-0.39, 0.29) is 11.5 Å². The van der Waals surface area contributed by atoms with E-state index < -0.39 is 5.82 Å². The van der Waals surface area contributed by atoms with Gasteiger partial charge in [-0.25, -0.2) is 18.7 Å². The average Bonchev–Trinajstić information content (AvgIpc) is 3.02.